The second-order valence-corrected chi connectivity index (χ2v) is 8.31. The van der Waals surface area contributed by atoms with E-state index < -0.39 is 23.3 Å². The van der Waals surface area contributed by atoms with Gasteiger partial charge in [0, 0.05) is 18.1 Å². The van der Waals surface area contributed by atoms with Gasteiger partial charge in [0.15, 0.2) is 23.2 Å². The van der Waals surface area contributed by atoms with Crippen LogP contribution in [0.25, 0.3) is 22.3 Å². The molecule has 0 amide bonds. The summed E-state index contributed by atoms with van der Waals surface area (Å²) in [6.07, 6.45) is 4.69. The number of hydrogen-bond acceptors (Lipinski definition) is 1. The quantitative estimate of drug-likeness (QED) is 0.380. The first-order valence-corrected chi connectivity index (χ1v) is 10.5. The predicted octanol–water partition coefficient (Wildman–Crippen LogP) is 8.13. The van der Waals surface area contributed by atoms with Crippen molar-refractivity contribution in [2.45, 2.75) is 38.5 Å². The van der Waals surface area contributed by atoms with Crippen LogP contribution in [0, 0.1) is 29.2 Å². The first kappa shape index (κ1) is 21.4. The number of rotatable bonds is 4. The van der Waals surface area contributed by atoms with Gasteiger partial charge in [-0.25, -0.2) is 13.2 Å². The van der Waals surface area contributed by atoms with E-state index in [9.17, 15) is 17.6 Å². The summed E-state index contributed by atoms with van der Waals surface area (Å²) < 4.78 is 62.8. The van der Waals surface area contributed by atoms with Gasteiger partial charge in [-0.15, -0.1) is 0 Å². The van der Waals surface area contributed by atoms with E-state index in [1.54, 1.807) is 12.1 Å². The lowest BCUT2D eigenvalue weighted by Crippen LogP contribution is -2.10. The SMILES string of the molecule is COc1ccc(-c2ccc(-c3ccc(C4CCC(C)CC4)cc3)c(F)c2F)c(F)c1F.[HH]. The van der Waals surface area contributed by atoms with Crippen molar-refractivity contribution in [1.82, 2.24) is 0 Å². The third-order valence-electron chi connectivity index (χ3n) is 6.35. The lowest BCUT2D eigenvalue weighted by Gasteiger charge is -2.26. The van der Waals surface area contributed by atoms with Gasteiger partial charge < -0.3 is 4.74 Å². The zero-order valence-electron chi connectivity index (χ0n) is 17.5. The molecule has 1 saturated carbocycles. The van der Waals surface area contributed by atoms with Crippen molar-refractivity contribution in [3.05, 3.63) is 77.4 Å². The summed E-state index contributed by atoms with van der Waals surface area (Å²) in [7, 11) is 1.20. The number of ether oxygens (including phenoxy) is 1. The van der Waals surface area contributed by atoms with Crippen LogP contribution in [0.5, 0.6) is 5.75 Å². The van der Waals surface area contributed by atoms with Gasteiger partial charge in [0.2, 0.25) is 5.82 Å². The average Bonchev–Trinajstić information content (AvgIpc) is 2.79. The molecule has 1 aliphatic rings. The molecule has 31 heavy (non-hydrogen) atoms. The molecule has 1 aliphatic carbocycles. The molecule has 0 N–H and O–H groups in total. The van der Waals surface area contributed by atoms with Crippen molar-refractivity contribution in [3.8, 4) is 28.0 Å². The highest BCUT2D eigenvalue weighted by molar-refractivity contribution is 5.72. The highest BCUT2D eigenvalue weighted by Crippen LogP contribution is 2.38. The largest absolute Gasteiger partial charge is 0.494 e. The molecule has 5 heteroatoms. The Kier molecular flexibility index (Phi) is 6.03. The molecule has 1 fully saturated rings. The van der Waals surface area contributed by atoms with Crippen LogP contribution in [0.4, 0.5) is 17.6 Å². The van der Waals surface area contributed by atoms with Gasteiger partial charge in [-0.3, -0.25) is 0 Å². The molecule has 0 spiro atoms. The zero-order chi connectivity index (χ0) is 22.1. The third-order valence-corrected chi connectivity index (χ3v) is 6.35. The van der Waals surface area contributed by atoms with Crippen molar-refractivity contribution in [2.75, 3.05) is 7.11 Å². The lowest BCUT2D eigenvalue weighted by molar-refractivity contribution is 0.348. The van der Waals surface area contributed by atoms with Crippen molar-refractivity contribution in [3.63, 3.8) is 0 Å². The number of benzene rings is 3. The highest BCUT2D eigenvalue weighted by Gasteiger charge is 2.22. The smallest absolute Gasteiger partial charge is 0.201 e. The molecule has 4 rings (SSSR count). The summed E-state index contributed by atoms with van der Waals surface area (Å²) in [5, 5.41) is 0. The first-order chi connectivity index (χ1) is 14.9. The minimum atomic E-state index is -1.28. The maximum absolute atomic E-state index is 14.9. The van der Waals surface area contributed by atoms with Gasteiger partial charge in [0.25, 0.3) is 0 Å². The second kappa shape index (κ2) is 8.74. The maximum Gasteiger partial charge on any atom is 0.201 e. The molecule has 3 aromatic carbocycles. The molecule has 0 atom stereocenters. The van der Waals surface area contributed by atoms with Gasteiger partial charge in [0.1, 0.15) is 0 Å². The maximum atomic E-state index is 14.9. The van der Waals surface area contributed by atoms with E-state index in [0.29, 0.717) is 11.5 Å². The van der Waals surface area contributed by atoms with Crippen LogP contribution in [0.1, 0.15) is 45.5 Å². The summed E-state index contributed by atoms with van der Waals surface area (Å²) in [6.45, 7) is 2.27. The van der Waals surface area contributed by atoms with Crippen LogP contribution in [0.2, 0.25) is 0 Å². The van der Waals surface area contributed by atoms with Gasteiger partial charge in [0.05, 0.1) is 7.11 Å². The molecule has 0 bridgehead atoms. The summed E-state index contributed by atoms with van der Waals surface area (Å²) in [4.78, 5) is 0. The van der Waals surface area contributed by atoms with E-state index >= 15 is 0 Å². The number of hydrogen-bond donors (Lipinski definition) is 0. The van der Waals surface area contributed by atoms with Crippen LogP contribution in [0.15, 0.2) is 48.5 Å². The Morgan fingerprint density at radius 3 is 1.81 bits per heavy atom. The van der Waals surface area contributed by atoms with Gasteiger partial charge in [-0.05, 0) is 47.9 Å². The monoisotopic (exact) mass is 430 g/mol. The molecule has 0 heterocycles. The van der Waals surface area contributed by atoms with Gasteiger partial charge >= 0.3 is 0 Å². The van der Waals surface area contributed by atoms with Crippen molar-refractivity contribution < 1.29 is 23.7 Å². The van der Waals surface area contributed by atoms with E-state index in [4.69, 9.17) is 4.74 Å². The molecule has 0 radical (unpaired) electrons. The standard InChI is InChI=1S/C26H24F4O.H2/c1-15-3-5-16(6-4-15)17-7-9-18(10-8-17)19-11-12-20(24(28)23(19)27)21-13-14-22(31-2)26(30)25(21)29;/h7-16H,3-6H2,1-2H3;1H. The number of halogens is 4. The summed E-state index contributed by atoms with van der Waals surface area (Å²) >= 11 is 0. The molecule has 164 valence electrons. The van der Waals surface area contributed by atoms with Crippen LogP contribution in [-0.2, 0) is 0 Å². The molecule has 0 unspecified atom stereocenters. The normalized spacial score (nSPS) is 18.8. The van der Waals surface area contributed by atoms with Gasteiger partial charge in [-0.1, -0.05) is 56.2 Å². The molecule has 0 aliphatic heterocycles. The Bertz CT molecular complexity index is 1090. The van der Waals surface area contributed by atoms with Crippen molar-refractivity contribution in [1.29, 1.82) is 0 Å². The Labute approximate surface area is 181 Å². The van der Waals surface area contributed by atoms with Crippen molar-refractivity contribution >= 4 is 0 Å². The minimum absolute atomic E-state index is 0. The Morgan fingerprint density at radius 2 is 1.19 bits per heavy atom. The molecular formula is C26H26F4O. The lowest BCUT2D eigenvalue weighted by atomic mass is 9.79. The second-order valence-electron chi connectivity index (χ2n) is 8.31. The minimum Gasteiger partial charge on any atom is -0.494 e. The number of methoxy groups -OCH3 is 1. The van der Waals surface area contributed by atoms with Crippen molar-refractivity contribution in [2.24, 2.45) is 5.92 Å². The molecule has 0 saturated heterocycles. The van der Waals surface area contributed by atoms with Crippen LogP contribution < -0.4 is 4.74 Å². The molecular weight excluding hydrogens is 404 g/mol. The third kappa shape index (κ3) is 4.06. The molecule has 3 aromatic rings. The van der Waals surface area contributed by atoms with E-state index in [2.05, 4.69) is 6.92 Å². The van der Waals surface area contributed by atoms with E-state index in [0.717, 1.165) is 18.8 Å². The Hall–Kier alpha value is -2.82. The average molecular weight is 430 g/mol. The van der Waals surface area contributed by atoms with E-state index in [1.165, 1.54) is 49.8 Å². The van der Waals surface area contributed by atoms with E-state index in [1.807, 2.05) is 12.1 Å². The van der Waals surface area contributed by atoms with Crippen LogP contribution in [-0.4, -0.2) is 7.11 Å². The fraction of sp³-hybridized carbons (Fsp3) is 0.308. The van der Waals surface area contributed by atoms with E-state index in [-0.39, 0.29) is 23.9 Å². The zero-order valence-corrected chi connectivity index (χ0v) is 17.5. The van der Waals surface area contributed by atoms with Crippen LogP contribution >= 0.6 is 0 Å². The fourth-order valence-electron chi connectivity index (χ4n) is 4.41. The van der Waals surface area contributed by atoms with Crippen LogP contribution in [0.3, 0.4) is 0 Å². The summed E-state index contributed by atoms with van der Waals surface area (Å²) in [5.74, 6) is -3.87. The Morgan fingerprint density at radius 1 is 0.677 bits per heavy atom. The fourth-order valence-corrected chi connectivity index (χ4v) is 4.41. The first-order valence-electron chi connectivity index (χ1n) is 10.5. The topological polar surface area (TPSA) is 9.23 Å². The predicted molar refractivity (Wildman–Crippen MR) is 116 cm³/mol. The Balaban J connectivity index is 0.00000289. The highest BCUT2D eigenvalue weighted by atomic mass is 19.2. The molecule has 1 nitrogen and oxygen atoms in total. The molecule has 0 aromatic heterocycles. The summed E-state index contributed by atoms with van der Waals surface area (Å²) in [5.41, 5.74) is 1.14. The summed E-state index contributed by atoms with van der Waals surface area (Å²) in [6, 6.07) is 12.6. The van der Waals surface area contributed by atoms with Gasteiger partial charge in [-0.2, -0.15) is 4.39 Å².